The van der Waals surface area contributed by atoms with Crippen molar-refractivity contribution < 1.29 is 19.0 Å². The maximum absolute atomic E-state index is 13.3. The van der Waals surface area contributed by atoms with Gasteiger partial charge in [-0.2, -0.15) is 0 Å². The Morgan fingerprint density at radius 1 is 1.64 bits per heavy atom. The van der Waals surface area contributed by atoms with Crippen molar-refractivity contribution in [3.8, 4) is 5.75 Å². The van der Waals surface area contributed by atoms with Gasteiger partial charge in [-0.05, 0) is 12.1 Å². The number of benzene rings is 1. The smallest absolute Gasteiger partial charge is 0.310 e. The molecule has 0 aliphatic rings. The molecule has 0 aliphatic carbocycles. The molecule has 0 amide bonds. The van der Waals surface area contributed by atoms with E-state index < -0.39 is 17.5 Å². The summed E-state index contributed by atoms with van der Waals surface area (Å²) in [6, 6.07) is 2.68. The molecule has 0 spiro atoms. The van der Waals surface area contributed by atoms with Gasteiger partial charge < -0.3 is 9.84 Å². The molecule has 0 heterocycles. The highest BCUT2D eigenvalue weighted by Crippen LogP contribution is 2.27. The van der Waals surface area contributed by atoms with Gasteiger partial charge in [0.2, 0.25) is 0 Å². The molecule has 1 aromatic rings. The van der Waals surface area contributed by atoms with Crippen LogP contribution in [0, 0.1) is 5.82 Å². The van der Waals surface area contributed by atoms with E-state index in [4.69, 9.17) is 5.11 Å². The highest BCUT2D eigenvalue weighted by atomic mass is 79.9. The Kier molecular flexibility index (Phi) is 3.46. The number of hydrogen-bond donors (Lipinski definition) is 1. The van der Waals surface area contributed by atoms with Gasteiger partial charge in [0.25, 0.3) is 0 Å². The van der Waals surface area contributed by atoms with E-state index in [1.165, 1.54) is 19.2 Å². The zero-order valence-electron chi connectivity index (χ0n) is 7.38. The standard InChI is InChI=1S/C9H8BrFO3/c1-14-8(13)4-5-6(10)2-3-7(12)9(5)11/h2-3,12H,4H2,1H3. The molecule has 76 valence electrons. The van der Waals surface area contributed by atoms with Gasteiger partial charge in [-0.15, -0.1) is 0 Å². The maximum atomic E-state index is 13.3. The van der Waals surface area contributed by atoms with Crippen LogP contribution in [0.1, 0.15) is 5.56 Å². The number of hydrogen-bond acceptors (Lipinski definition) is 3. The van der Waals surface area contributed by atoms with Crippen LogP contribution in [0.3, 0.4) is 0 Å². The molecule has 0 saturated heterocycles. The summed E-state index contributed by atoms with van der Waals surface area (Å²) in [6.07, 6.45) is -0.211. The fraction of sp³-hybridized carbons (Fsp3) is 0.222. The number of phenols is 1. The van der Waals surface area contributed by atoms with Gasteiger partial charge in [0, 0.05) is 10.0 Å². The molecule has 1 rings (SSSR count). The molecule has 0 fully saturated rings. The minimum atomic E-state index is -0.801. The van der Waals surface area contributed by atoms with E-state index in [0.717, 1.165) is 0 Å². The van der Waals surface area contributed by atoms with Gasteiger partial charge in [0.1, 0.15) is 0 Å². The number of carbonyl (C=O) groups is 1. The molecule has 0 saturated carbocycles. The SMILES string of the molecule is COC(=O)Cc1c(Br)ccc(O)c1F. The third kappa shape index (κ3) is 2.23. The second-order valence-corrected chi connectivity index (χ2v) is 3.47. The Balaban J connectivity index is 3.06. The third-order valence-corrected chi connectivity index (χ3v) is 2.46. The van der Waals surface area contributed by atoms with Crippen molar-refractivity contribution in [3.05, 3.63) is 28.0 Å². The Morgan fingerprint density at radius 3 is 2.86 bits per heavy atom. The van der Waals surface area contributed by atoms with E-state index in [9.17, 15) is 9.18 Å². The average Bonchev–Trinajstić information content (AvgIpc) is 2.18. The molecule has 1 N–H and O–H groups in total. The van der Waals surface area contributed by atoms with Crippen LogP contribution in [0.15, 0.2) is 16.6 Å². The van der Waals surface area contributed by atoms with Crippen LogP contribution in [0.2, 0.25) is 0 Å². The van der Waals surface area contributed by atoms with Gasteiger partial charge in [-0.3, -0.25) is 4.79 Å². The van der Waals surface area contributed by atoms with Crippen molar-refractivity contribution in [2.45, 2.75) is 6.42 Å². The number of aromatic hydroxyl groups is 1. The molecule has 0 atom stereocenters. The van der Waals surface area contributed by atoms with E-state index in [0.29, 0.717) is 4.47 Å². The minimum absolute atomic E-state index is 0.0943. The summed E-state index contributed by atoms with van der Waals surface area (Å²) >= 11 is 3.08. The van der Waals surface area contributed by atoms with Crippen molar-refractivity contribution in [3.63, 3.8) is 0 Å². The van der Waals surface area contributed by atoms with E-state index in [2.05, 4.69) is 20.7 Å². The number of carbonyl (C=O) groups excluding carboxylic acids is 1. The lowest BCUT2D eigenvalue weighted by Gasteiger charge is -2.05. The lowest BCUT2D eigenvalue weighted by molar-refractivity contribution is -0.139. The van der Waals surface area contributed by atoms with Gasteiger partial charge in [0.05, 0.1) is 13.5 Å². The second kappa shape index (κ2) is 4.41. The molecule has 0 radical (unpaired) electrons. The highest BCUT2D eigenvalue weighted by molar-refractivity contribution is 9.10. The predicted octanol–water partition coefficient (Wildman–Crippen LogP) is 2.01. The Labute approximate surface area is 88.6 Å². The predicted molar refractivity (Wildman–Crippen MR) is 51.5 cm³/mol. The van der Waals surface area contributed by atoms with Crippen molar-refractivity contribution in [2.24, 2.45) is 0 Å². The fourth-order valence-electron chi connectivity index (χ4n) is 0.964. The summed E-state index contributed by atoms with van der Waals surface area (Å²) in [5.41, 5.74) is 0.0943. The molecule has 0 bridgehead atoms. The summed E-state index contributed by atoms with van der Waals surface area (Å²) in [6.45, 7) is 0. The van der Waals surface area contributed by atoms with Crippen LogP contribution in [0.4, 0.5) is 4.39 Å². The van der Waals surface area contributed by atoms with Crippen LogP contribution in [-0.2, 0) is 16.0 Å². The molecule has 14 heavy (non-hydrogen) atoms. The summed E-state index contributed by atoms with van der Waals surface area (Å²) in [4.78, 5) is 10.9. The Hall–Kier alpha value is -1.10. The molecule has 0 unspecified atom stereocenters. The van der Waals surface area contributed by atoms with Crippen LogP contribution >= 0.6 is 15.9 Å². The lowest BCUT2D eigenvalue weighted by Crippen LogP contribution is -2.06. The molecular formula is C9H8BrFO3. The number of rotatable bonds is 2. The Bertz CT molecular complexity index is 365. The normalized spacial score (nSPS) is 9.93. The van der Waals surface area contributed by atoms with Gasteiger partial charge in [0.15, 0.2) is 11.6 Å². The minimum Gasteiger partial charge on any atom is -0.505 e. The van der Waals surface area contributed by atoms with Crippen LogP contribution in [0.5, 0.6) is 5.75 Å². The first-order valence-electron chi connectivity index (χ1n) is 3.79. The first-order valence-corrected chi connectivity index (χ1v) is 4.58. The van der Waals surface area contributed by atoms with Crippen molar-refractivity contribution >= 4 is 21.9 Å². The molecule has 0 aliphatic heterocycles. The van der Waals surface area contributed by atoms with Crippen LogP contribution < -0.4 is 0 Å². The quantitative estimate of drug-likeness (QED) is 0.830. The monoisotopic (exact) mass is 262 g/mol. The zero-order valence-corrected chi connectivity index (χ0v) is 8.97. The van der Waals surface area contributed by atoms with E-state index in [1.807, 2.05) is 0 Å². The lowest BCUT2D eigenvalue weighted by atomic mass is 10.1. The van der Waals surface area contributed by atoms with Crippen molar-refractivity contribution in [1.82, 2.24) is 0 Å². The van der Waals surface area contributed by atoms with Crippen LogP contribution in [-0.4, -0.2) is 18.2 Å². The average molecular weight is 263 g/mol. The number of phenolic OH excluding ortho intramolecular Hbond substituents is 1. The number of esters is 1. The van der Waals surface area contributed by atoms with Gasteiger partial charge in [-0.1, -0.05) is 15.9 Å². The number of halogens is 2. The summed E-state index contributed by atoms with van der Waals surface area (Å²) in [7, 11) is 1.22. The van der Waals surface area contributed by atoms with Crippen LogP contribution in [0.25, 0.3) is 0 Å². The van der Waals surface area contributed by atoms with E-state index >= 15 is 0 Å². The van der Waals surface area contributed by atoms with Gasteiger partial charge in [-0.25, -0.2) is 4.39 Å². The molecule has 0 aromatic heterocycles. The Morgan fingerprint density at radius 2 is 2.29 bits per heavy atom. The van der Waals surface area contributed by atoms with E-state index in [1.54, 1.807) is 0 Å². The highest BCUT2D eigenvalue weighted by Gasteiger charge is 2.15. The number of methoxy groups -OCH3 is 1. The first kappa shape index (κ1) is 11.0. The maximum Gasteiger partial charge on any atom is 0.310 e. The van der Waals surface area contributed by atoms with Crippen molar-refractivity contribution in [2.75, 3.05) is 7.11 Å². The largest absolute Gasteiger partial charge is 0.505 e. The number of ether oxygens (including phenoxy) is 1. The summed E-state index contributed by atoms with van der Waals surface area (Å²) < 4.78 is 18.1. The second-order valence-electron chi connectivity index (χ2n) is 2.61. The summed E-state index contributed by atoms with van der Waals surface area (Å²) in [5.74, 6) is -1.84. The molecule has 5 heteroatoms. The first-order chi connectivity index (χ1) is 6.56. The van der Waals surface area contributed by atoms with Crippen molar-refractivity contribution in [1.29, 1.82) is 0 Å². The topological polar surface area (TPSA) is 46.5 Å². The van der Waals surface area contributed by atoms with E-state index in [-0.39, 0.29) is 12.0 Å². The zero-order chi connectivity index (χ0) is 10.7. The molecular weight excluding hydrogens is 255 g/mol. The molecule has 1 aromatic carbocycles. The third-order valence-electron chi connectivity index (χ3n) is 1.71. The summed E-state index contributed by atoms with van der Waals surface area (Å²) in [5, 5.41) is 9.06. The van der Waals surface area contributed by atoms with Gasteiger partial charge >= 0.3 is 5.97 Å². The fourth-order valence-corrected chi connectivity index (χ4v) is 1.41. The molecule has 3 nitrogen and oxygen atoms in total.